The molecule has 1 atom stereocenters. The van der Waals surface area contributed by atoms with Crippen LogP contribution in [0.25, 0.3) is 0 Å². The standard InChI is InChI=1S/C19H24ClN/c1-13-6-11-17(20)18(12-13)21-14(2)15-7-9-16(10-8-15)19(3,4)5/h6-12,14,21H,1-5H3. The van der Waals surface area contributed by atoms with E-state index in [-0.39, 0.29) is 11.5 Å². The quantitative estimate of drug-likeness (QED) is 0.720. The highest BCUT2D eigenvalue weighted by atomic mass is 35.5. The van der Waals surface area contributed by atoms with Crippen molar-refractivity contribution in [2.24, 2.45) is 0 Å². The van der Waals surface area contributed by atoms with Crippen molar-refractivity contribution in [3.8, 4) is 0 Å². The molecule has 2 aromatic carbocycles. The van der Waals surface area contributed by atoms with Crippen molar-refractivity contribution >= 4 is 17.3 Å². The topological polar surface area (TPSA) is 12.0 Å². The second kappa shape index (κ2) is 6.11. The Bertz CT molecular complexity index is 608. The molecule has 0 spiro atoms. The zero-order valence-electron chi connectivity index (χ0n) is 13.5. The van der Waals surface area contributed by atoms with E-state index in [1.807, 2.05) is 12.1 Å². The van der Waals surface area contributed by atoms with Crippen molar-refractivity contribution in [3.63, 3.8) is 0 Å². The third-order valence-corrected chi connectivity index (χ3v) is 4.10. The Kier molecular flexibility index (Phi) is 4.63. The highest BCUT2D eigenvalue weighted by Gasteiger charge is 2.14. The fourth-order valence-corrected chi connectivity index (χ4v) is 2.51. The summed E-state index contributed by atoms with van der Waals surface area (Å²) in [4.78, 5) is 0. The molecule has 0 heterocycles. The second-order valence-corrected chi connectivity index (χ2v) is 7.13. The molecule has 2 aromatic rings. The number of aryl methyl sites for hydroxylation is 1. The van der Waals surface area contributed by atoms with Crippen molar-refractivity contribution in [1.29, 1.82) is 0 Å². The molecule has 1 unspecified atom stereocenters. The average Bonchev–Trinajstić information content (AvgIpc) is 2.42. The minimum atomic E-state index is 0.190. The van der Waals surface area contributed by atoms with Gasteiger partial charge in [-0.05, 0) is 48.1 Å². The van der Waals surface area contributed by atoms with E-state index in [4.69, 9.17) is 11.6 Å². The van der Waals surface area contributed by atoms with Gasteiger partial charge in [0.05, 0.1) is 10.7 Å². The lowest BCUT2D eigenvalue weighted by Gasteiger charge is -2.21. The van der Waals surface area contributed by atoms with Crippen molar-refractivity contribution in [1.82, 2.24) is 0 Å². The maximum atomic E-state index is 6.25. The van der Waals surface area contributed by atoms with Crippen LogP contribution in [0.3, 0.4) is 0 Å². The van der Waals surface area contributed by atoms with E-state index in [2.05, 4.69) is 70.3 Å². The maximum absolute atomic E-state index is 6.25. The van der Waals surface area contributed by atoms with E-state index in [1.165, 1.54) is 16.7 Å². The van der Waals surface area contributed by atoms with Crippen LogP contribution in [0.4, 0.5) is 5.69 Å². The van der Waals surface area contributed by atoms with Gasteiger partial charge >= 0.3 is 0 Å². The van der Waals surface area contributed by atoms with Crippen LogP contribution in [0.1, 0.15) is 50.4 Å². The summed E-state index contributed by atoms with van der Waals surface area (Å²) in [5.41, 5.74) is 5.00. The fraction of sp³-hybridized carbons (Fsp3) is 0.368. The molecule has 0 amide bonds. The van der Waals surface area contributed by atoms with Gasteiger partial charge in [0.2, 0.25) is 0 Å². The molecule has 0 aliphatic carbocycles. The molecule has 112 valence electrons. The summed E-state index contributed by atoms with van der Waals surface area (Å²) in [5, 5.41) is 4.26. The Hall–Kier alpha value is -1.47. The van der Waals surface area contributed by atoms with Crippen LogP contribution in [-0.2, 0) is 5.41 Å². The summed E-state index contributed by atoms with van der Waals surface area (Å²) in [5.74, 6) is 0. The van der Waals surface area contributed by atoms with E-state index in [0.29, 0.717) is 0 Å². The number of anilines is 1. The van der Waals surface area contributed by atoms with Crippen LogP contribution in [0.5, 0.6) is 0 Å². The third-order valence-electron chi connectivity index (χ3n) is 3.77. The Morgan fingerprint density at radius 3 is 2.19 bits per heavy atom. The average molecular weight is 302 g/mol. The Morgan fingerprint density at radius 2 is 1.62 bits per heavy atom. The van der Waals surface area contributed by atoms with Gasteiger partial charge in [0.1, 0.15) is 0 Å². The normalized spacial score (nSPS) is 13.0. The molecule has 0 bridgehead atoms. The first-order valence-corrected chi connectivity index (χ1v) is 7.78. The van der Waals surface area contributed by atoms with Crippen LogP contribution in [0.15, 0.2) is 42.5 Å². The van der Waals surface area contributed by atoms with E-state index in [1.54, 1.807) is 0 Å². The molecule has 0 aliphatic heterocycles. The van der Waals surface area contributed by atoms with Gasteiger partial charge in [-0.15, -0.1) is 0 Å². The van der Waals surface area contributed by atoms with Crippen LogP contribution < -0.4 is 5.32 Å². The van der Waals surface area contributed by atoms with Gasteiger partial charge in [0, 0.05) is 6.04 Å². The summed E-state index contributed by atoms with van der Waals surface area (Å²) in [6.07, 6.45) is 0. The van der Waals surface area contributed by atoms with Crippen molar-refractivity contribution in [2.45, 2.75) is 46.1 Å². The van der Waals surface area contributed by atoms with Crippen LogP contribution in [0, 0.1) is 6.92 Å². The summed E-state index contributed by atoms with van der Waals surface area (Å²) in [6, 6.07) is 15.1. The predicted molar refractivity (Wildman–Crippen MR) is 93.4 cm³/mol. The van der Waals surface area contributed by atoms with Gasteiger partial charge in [-0.1, -0.05) is 62.7 Å². The number of halogens is 1. The van der Waals surface area contributed by atoms with Crippen molar-refractivity contribution in [2.75, 3.05) is 5.32 Å². The number of benzene rings is 2. The van der Waals surface area contributed by atoms with E-state index < -0.39 is 0 Å². The first-order valence-electron chi connectivity index (χ1n) is 7.40. The molecule has 21 heavy (non-hydrogen) atoms. The number of hydrogen-bond acceptors (Lipinski definition) is 1. The molecule has 1 N–H and O–H groups in total. The summed E-state index contributed by atoms with van der Waals surface area (Å²) >= 11 is 6.25. The van der Waals surface area contributed by atoms with E-state index in [0.717, 1.165) is 10.7 Å². The molecule has 0 fully saturated rings. The van der Waals surface area contributed by atoms with Gasteiger partial charge in [-0.2, -0.15) is 0 Å². The van der Waals surface area contributed by atoms with Gasteiger partial charge in [-0.3, -0.25) is 0 Å². The van der Waals surface area contributed by atoms with Gasteiger partial charge in [-0.25, -0.2) is 0 Å². The molecular weight excluding hydrogens is 278 g/mol. The minimum Gasteiger partial charge on any atom is -0.377 e. The Morgan fingerprint density at radius 1 is 1.00 bits per heavy atom. The van der Waals surface area contributed by atoms with Gasteiger partial charge in [0.25, 0.3) is 0 Å². The number of hydrogen-bond donors (Lipinski definition) is 1. The Labute approximate surface area is 133 Å². The largest absolute Gasteiger partial charge is 0.377 e. The SMILES string of the molecule is Cc1ccc(Cl)c(NC(C)c2ccc(C(C)(C)C)cc2)c1. The van der Waals surface area contributed by atoms with E-state index >= 15 is 0 Å². The minimum absolute atomic E-state index is 0.190. The summed E-state index contributed by atoms with van der Waals surface area (Å²) < 4.78 is 0. The number of nitrogens with one attached hydrogen (secondary N) is 1. The number of rotatable bonds is 3. The van der Waals surface area contributed by atoms with Gasteiger partial charge in [0.15, 0.2) is 0 Å². The Balaban J connectivity index is 2.17. The lowest BCUT2D eigenvalue weighted by Crippen LogP contribution is -2.12. The highest BCUT2D eigenvalue weighted by Crippen LogP contribution is 2.28. The summed E-state index contributed by atoms with van der Waals surface area (Å²) in [7, 11) is 0. The smallest absolute Gasteiger partial charge is 0.0637 e. The fourth-order valence-electron chi connectivity index (χ4n) is 2.34. The van der Waals surface area contributed by atoms with Crippen LogP contribution >= 0.6 is 11.6 Å². The molecule has 0 aliphatic rings. The third kappa shape index (κ3) is 4.01. The highest BCUT2D eigenvalue weighted by molar-refractivity contribution is 6.33. The first kappa shape index (κ1) is 15.9. The zero-order valence-corrected chi connectivity index (χ0v) is 14.3. The molecule has 2 heteroatoms. The molecule has 0 saturated carbocycles. The van der Waals surface area contributed by atoms with Crippen LogP contribution in [0.2, 0.25) is 5.02 Å². The second-order valence-electron chi connectivity index (χ2n) is 6.72. The molecule has 0 saturated heterocycles. The molecule has 0 radical (unpaired) electrons. The van der Waals surface area contributed by atoms with Gasteiger partial charge < -0.3 is 5.32 Å². The molecule has 0 aromatic heterocycles. The van der Waals surface area contributed by atoms with E-state index in [9.17, 15) is 0 Å². The van der Waals surface area contributed by atoms with Crippen molar-refractivity contribution < 1.29 is 0 Å². The van der Waals surface area contributed by atoms with Crippen LogP contribution in [-0.4, -0.2) is 0 Å². The summed E-state index contributed by atoms with van der Waals surface area (Å²) in [6.45, 7) is 10.9. The monoisotopic (exact) mass is 301 g/mol. The van der Waals surface area contributed by atoms with Crippen molar-refractivity contribution in [3.05, 3.63) is 64.2 Å². The predicted octanol–water partition coefficient (Wildman–Crippen LogP) is 6.12. The molecule has 1 nitrogen and oxygen atoms in total. The maximum Gasteiger partial charge on any atom is 0.0637 e. The first-order chi connectivity index (χ1) is 9.77. The molecule has 2 rings (SSSR count). The molecular formula is C19H24ClN. The zero-order chi connectivity index (χ0) is 15.6. The lowest BCUT2D eigenvalue weighted by atomic mass is 9.86. The lowest BCUT2D eigenvalue weighted by molar-refractivity contribution is 0.589.